The van der Waals surface area contributed by atoms with Crippen LogP contribution in [0.1, 0.15) is 12.0 Å². The lowest BCUT2D eigenvalue weighted by molar-refractivity contribution is -0.384. The quantitative estimate of drug-likeness (QED) is 0.480. The number of non-ortho nitro benzene ring substituents is 1. The predicted octanol–water partition coefficient (Wildman–Crippen LogP) is 3.69. The molecule has 8 heteroatoms. The van der Waals surface area contributed by atoms with E-state index in [1.54, 1.807) is 12.1 Å². The monoisotopic (exact) mass is 363 g/mol. The zero-order valence-electron chi connectivity index (χ0n) is 12.5. The third-order valence-electron chi connectivity index (χ3n) is 3.15. The van der Waals surface area contributed by atoms with E-state index >= 15 is 0 Å². The summed E-state index contributed by atoms with van der Waals surface area (Å²) < 4.78 is 0. The van der Waals surface area contributed by atoms with Gasteiger partial charge in [0, 0.05) is 29.3 Å². The maximum absolute atomic E-state index is 11.9. The fourth-order valence-corrected chi connectivity index (χ4v) is 2.46. The number of carbonyl (C=O) groups excluding carboxylic acids is 1. The van der Waals surface area contributed by atoms with Crippen molar-refractivity contribution in [3.8, 4) is 0 Å². The van der Waals surface area contributed by atoms with Crippen molar-refractivity contribution in [2.24, 2.45) is 0 Å². The Labute approximate surface area is 149 Å². The summed E-state index contributed by atoms with van der Waals surface area (Å²) in [5.74, 6) is -0.266. The summed E-state index contributed by atoms with van der Waals surface area (Å²) in [6, 6.07) is 13.2. The Morgan fingerprint density at radius 2 is 1.96 bits per heavy atom. The van der Waals surface area contributed by atoms with Crippen molar-refractivity contribution in [3.63, 3.8) is 0 Å². The van der Waals surface area contributed by atoms with Crippen LogP contribution in [-0.4, -0.2) is 15.9 Å². The van der Waals surface area contributed by atoms with Gasteiger partial charge in [-0.05, 0) is 36.3 Å². The van der Waals surface area contributed by atoms with Gasteiger partial charge in [-0.15, -0.1) is 0 Å². The van der Waals surface area contributed by atoms with Crippen molar-refractivity contribution < 1.29 is 9.72 Å². The van der Waals surface area contributed by atoms with Crippen molar-refractivity contribution in [3.05, 3.63) is 69.2 Å². The molecule has 0 saturated heterocycles. The molecule has 0 unspecified atom stereocenters. The highest BCUT2D eigenvalue weighted by Gasteiger charge is 2.09. The van der Waals surface area contributed by atoms with Crippen LogP contribution in [0.15, 0.2) is 48.5 Å². The van der Waals surface area contributed by atoms with Gasteiger partial charge in [0.15, 0.2) is 5.11 Å². The Hall–Kier alpha value is -2.51. The van der Waals surface area contributed by atoms with Gasteiger partial charge in [-0.25, -0.2) is 0 Å². The standard InChI is InChI=1S/C16H14ClN3O3S/c17-14-7-2-1-4-11(14)8-9-15(21)19-16(24)18-12-5-3-6-13(10-12)20(22)23/h1-7,10H,8-9H2,(H2,18,19,21,24). The van der Waals surface area contributed by atoms with Crippen molar-refractivity contribution in [2.75, 3.05) is 5.32 Å². The maximum Gasteiger partial charge on any atom is 0.271 e. The molecule has 0 heterocycles. The summed E-state index contributed by atoms with van der Waals surface area (Å²) >= 11 is 11.1. The van der Waals surface area contributed by atoms with E-state index in [2.05, 4.69) is 10.6 Å². The Morgan fingerprint density at radius 1 is 1.21 bits per heavy atom. The number of nitro groups is 1. The number of carbonyl (C=O) groups is 1. The van der Waals surface area contributed by atoms with Crippen LogP contribution >= 0.6 is 23.8 Å². The average Bonchev–Trinajstić information content (AvgIpc) is 2.54. The SMILES string of the molecule is O=C(CCc1ccccc1Cl)NC(=S)Nc1cccc([N+](=O)[O-])c1. The molecule has 0 spiro atoms. The molecule has 24 heavy (non-hydrogen) atoms. The average molecular weight is 364 g/mol. The van der Waals surface area contributed by atoms with Crippen molar-refractivity contribution >= 4 is 46.2 Å². The lowest BCUT2D eigenvalue weighted by atomic mass is 10.1. The molecule has 0 fully saturated rings. The van der Waals surface area contributed by atoms with Gasteiger partial charge in [0.25, 0.3) is 5.69 Å². The summed E-state index contributed by atoms with van der Waals surface area (Å²) in [4.78, 5) is 22.1. The first kappa shape index (κ1) is 17.8. The van der Waals surface area contributed by atoms with E-state index in [9.17, 15) is 14.9 Å². The second-order valence-electron chi connectivity index (χ2n) is 4.90. The molecule has 2 aromatic rings. The molecule has 124 valence electrons. The molecule has 2 N–H and O–H groups in total. The van der Waals surface area contributed by atoms with E-state index in [1.165, 1.54) is 18.2 Å². The van der Waals surface area contributed by atoms with Crippen LogP contribution in [0.2, 0.25) is 5.02 Å². The normalized spacial score (nSPS) is 10.0. The summed E-state index contributed by atoms with van der Waals surface area (Å²) in [6.45, 7) is 0. The summed E-state index contributed by atoms with van der Waals surface area (Å²) in [7, 11) is 0. The number of hydrogen-bond acceptors (Lipinski definition) is 4. The van der Waals surface area contributed by atoms with Crippen molar-refractivity contribution in [1.82, 2.24) is 5.32 Å². The first-order valence-electron chi connectivity index (χ1n) is 7.04. The molecule has 0 aliphatic rings. The summed E-state index contributed by atoms with van der Waals surface area (Å²) in [6.07, 6.45) is 0.714. The third kappa shape index (κ3) is 5.29. The van der Waals surface area contributed by atoms with Gasteiger partial charge in [-0.3, -0.25) is 14.9 Å². The van der Waals surface area contributed by atoms with E-state index < -0.39 is 4.92 Å². The number of rotatable bonds is 5. The fraction of sp³-hybridized carbons (Fsp3) is 0.125. The van der Waals surface area contributed by atoms with Crippen LogP contribution in [0.5, 0.6) is 0 Å². The van der Waals surface area contributed by atoms with Crippen molar-refractivity contribution in [1.29, 1.82) is 0 Å². The highest BCUT2D eigenvalue weighted by molar-refractivity contribution is 7.80. The molecule has 0 atom stereocenters. The molecular formula is C16H14ClN3O3S. The Kier molecular flexibility index (Phi) is 6.22. The largest absolute Gasteiger partial charge is 0.332 e. The van der Waals surface area contributed by atoms with Gasteiger partial charge in [0.2, 0.25) is 5.91 Å². The molecule has 0 aliphatic heterocycles. The molecule has 2 rings (SSSR count). The highest BCUT2D eigenvalue weighted by Crippen LogP contribution is 2.17. The number of benzene rings is 2. The minimum Gasteiger partial charge on any atom is -0.332 e. The number of nitro benzene ring substituents is 1. The highest BCUT2D eigenvalue weighted by atomic mass is 35.5. The van der Waals surface area contributed by atoms with Crippen LogP contribution in [-0.2, 0) is 11.2 Å². The minimum absolute atomic E-state index is 0.0622. The predicted molar refractivity (Wildman–Crippen MR) is 97.2 cm³/mol. The Balaban J connectivity index is 1.86. The number of amides is 1. The van der Waals surface area contributed by atoms with Gasteiger partial charge in [-0.2, -0.15) is 0 Å². The first-order valence-corrected chi connectivity index (χ1v) is 7.83. The molecule has 6 nitrogen and oxygen atoms in total. The molecule has 0 aromatic heterocycles. The second-order valence-corrected chi connectivity index (χ2v) is 5.72. The molecule has 2 aromatic carbocycles. The van der Waals surface area contributed by atoms with E-state index in [4.69, 9.17) is 23.8 Å². The molecule has 0 radical (unpaired) electrons. The lowest BCUT2D eigenvalue weighted by Gasteiger charge is -2.09. The number of aryl methyl sites for hydroxylation is 1. The van der Waals surface area contributed by atoms with Crippen LogP contribution in [0.25, 0.3) is 0 Å². The fourth-order valence-electron chi connectivity index (χ4n) is 2.00. The van der Waals surface area contributed by atoms with Gasteiger partial charge in [0.05, 0.1) is 4.92 Å². The number of hydrogen-bond donors (Lipinski definition) is 2. The topological polar surface area (TPSA) is 84.3 Å². The Bertz CT molecular complexity index is 783. The Morgan fingerprint density at radius 3 is 2.67 bits per heavy atom. The van der Waals surface area contributed by atoms with Crippen LogP contribution in [0, 0.1) is 10.1 Å². The lowest BCUT2D eigenvalue weighted by Crippen LogP contribution is -2.34. The smallest absolute Gasteiger partial charge is 0.271 e. The van der Waals surface area contributed by atoms with Crippen LogP contribution in [0.3, 0.4) is 0 Å². The number of anilines is 1. The van der Waals surface area contributed by atoms with Gasteiger partial charge >= 0.3 is 0 Å². The van der Waals surface area contributed by atoms with E-state index in [-0.39, 0.29) is 23.1 Å². The van der Waals surface area contributed by atoms with Crippen molar-refractivity contribution in [2.45, 2.75) is 12.8 Å². The van der Waals surface area contributed by atoms with Gasteiger partial charge < -0.3 is 10.6 Å². The van der Waals surface area contributed by atoms with Gasteiger partial charge in [-0.1, -0.05) is 35.9 Å². The van der Waals surface area contributed by atoms with Crippen LogP contribution < -0.4 is 10.6 Å². The zero-order chi connectivity index (χ0) is 17.5. The first-order chi connectivity index (χ1) is 11.5. The summed E-state index contributed by atoms with van der Waals surface area (Å²) in [5, 5.41) is 16.7. The van der Waals surface area contributed by atoms with E-state index in [0.29, 0.717) is 17.1 Å². The number of thiocarbonyl (C=S) groups is 1. The van der Waals surface area contributed by atoms with E-state index in [0.717, 1.165) is 5.56 Å². The maximum atomic E-state index is 11.9. The molecule has 1 amide bonds. The number of nitrogens with zero attached hydrogens (tertiary/aromatic N) is 1. The minimum atomic E-state index is -0.504. The van der Waals surface area contributed by atoms with Crippen LogP contribution in [0.4, 0.5) is 11.4 Å². The van der Waals surface area contributed by atoms with E-state index in [1.807, 2.05) is 18.2 Å². The second kappa shape index (κ2) is 8.37. The number of nitrogens with one attached hydrogen (secondary N) is 2. The zero-order valence-corrected chi connectivity index (χ0v) is 14.1. The molecule has 0 saturated carbocycles. The molecular weight excluding hydrogens is 350 g/mol. The van der Waals surface area contributed by atoms with Gasteiger partial charge in [0.1, 0.15) is 0 Å². The molecule has 0 aliphatic carbocycles. The third-order valence-corrected chi connectivity index (χ3v) is 3.72. The molecule has 0 bridgehead atoms. The summed E-state index contributed by atoms with van der Waals surface area (Å²) in [5.41, 5.74) is 1.25. The number of halogens is 1.